The Morgan fingerprint density at radius 1 is 1.14 bits per heavy atom. The molecular weight excluding hydrogens is 265 g/mol. The average Bonchev–Trinajstić information content (AvgIpc) is 2.18. The molecule has 0 amide bonds. The number of hydrogen-bond donors (Lipinski definition) is 0. The second-order valence-electron chi connectivity index (χ2n) is 2.54. The molecule has 0 atom stereocenters. The van der Waals surface area contributed by atoms with Crippen LogP contribution in [0.4, 0.5) is 0 Å². The van der Waals surface area contributed by atoms with E-state index in [9.17, 15) is 0 Å². The van der Waals surface area contributed by atoms with Gasteiger partial charge in [0.15, 0.2) is 5.15 Å². The van der Waals surface area contributed by atoms with Crippen LogP contribution in [0, 0.1) is 0 Å². The summed E-state index contributed by atoms with van der Waals surface area (Å²) >= 11 is 9.16. The smallest absolute Gasteiger partial charge is 0.156 e. The monoisotopic (exact) mass is 269 g/mol. The third-order valence-corrected chi connectivity index (χ3v) is 2.33. The van der Waals surface area contributed by atoms with E-state index in [1.54, 1.807) is 12.4 Å². The summed E-state index contributed by atoms with van der Waals surface area (Å²) in [6.45, 7) is 0. The molecular formula is C9H5BrClN3. The molecule has 0 unspecified atom stereocenters. The molecule has 0 bridgehead atoms. The normalized spacial score (nSPS) is 10.1. The van der Waals surface area contributed by atoms with E-state index in [2.05, 4.69) is 30.9 Å². The highest BCUT2D eigenvalue weighted by Crippen LogP contribution is 2.22. The highest BCUT2D eigenvalue weighted by Gasteiger charge is 2.06. The topological polar surface area (TPSA) is 38.7 Å². The lowest BCUT2D eigenvalue weighted by Crippen LogP contribution is -1.90. The van der Waals surface area contributed by atoms with E-state index >= 15 is 0 Å². The van der Waals surface area contributed by atoms with Crippen LogP contribution >= 0.6 is 27.5 Å². The molecule has 2 aromatic heterocycles. The average molecular weight is 271 g/mol. The van der Waals surface area contributed by atoms with Gasteiger partial charge in [0.05, 0.1) is 5.69 Å². The van der Waals surface area contributed by atoms with E-state index < -0.39 is 0 Å². The summed E-state index contributed by atoms with van der Waals surface area (Å²) in [5.41, 5.74) is 1.30. The van der Waals surface area contributed by atoms with E-state index in [-0.39, 0.29) is 0 Å². The summed E-state index contributed by atoms with van der Waals surface area (Å²) in [6, 6.07) is 5.55. The van der Waals surface area contributed by atoms with Crippen molar-refractivity contribution >= 4 is 27.5 Å². The van der Waals surface area contributed by atoms with Crippen molar-refractivity contribution in [2.75, 3.05) is 0 Å². The first-order chi connectivity index (χ1) is 6.77. The van der Waals surface area contributed by atoms with Crippen LogP contribution in [0.3, 0.4) is 0 Å². The highest BCUT2D eigenvalue weighted by atomic mass is 79.9. The van der Waals surface area contributed by atoms with Crippen molar-refractivity contribution in [3.8, 4) is 11.4 Å². The minimum absolute atomic E-state index is 0.359. The molecule has 0 aliphatic rings. The van der Waals surface area contributed by atoms with Crippen LogP contribution in [0.25, 0.3) is 11.4 Å². The molecule has 2 heterocycles. The first-order valence-corrected chi connectivity index (χ1v) is 5.04. The Kier molecular flexibility index (Phi) is 2.74. The molecule has 3 nitrogen and oxygen atoms in total. The lowest BCUT2D eigenvalue weighted by atomic mass is 10.3. The van der Waals surface area contributed by atoms with Crippen LogP contribution in [0.1, 0.15) is 0 Å². The van der Waals surface area contributed by atoms with E-state index in [0.29, 0.717) is 16.5 Å². The standard InChI is InChI=1S/C9H5BrClN3/c10-7-3-1-2-6(14-7)8-9(11)13-5-4-12-8/h1-5H. The molecule has 2 aromatic rings. The summed E-state index contributed by atoms with van der Waals surface area (Å²) in [5, 5.41) is 0.359. The van der Waals surface area contributed by atoms with Crippen molar-refractivity contribution in [2.24, 2.45) is 0 Å². The zero-order valence-electron chi connectivity index (χ0n) is 6.98. The van der Waals surface area contributed by atoms with Crippen molar-refractivity contribution in [1.29, 1.82) is 0 Å². The summed E-state index contributed by atoms with van der Waals surface area (Å²) in [6.07, 6.45) is 3.13. The maximum Gasteiger partial charge on any atom is 0.156 e. The minimum Gasteiger partial charge on any atom is -0.250 e. The molecule has 2 rings (SSSR count). The Hall–Kier alpha value is -1.000. The molecule has 0 spiro atoms. The molecule has 0 aliphatic heterocycles. The van der Waals surface area contributed by atoms with Gasteiger partial charge in [0.25, 0.3) is 0 Å². The van der Waals surface area contributed by atoms with Crippen molar-refractivity contribution in [3.63, 3.8) is 0 Å². The van der Waals surface area contributed by atoms with Crippen LogP contribution in [-0.2, 0) is 0 Å². The van der Waals surface area contributed by atoms with Gasteiger partial charge < -0.3 is 0 Å². The van der Waals surface area contributed by atoms with E-state index in [4.69, 9.17) is 11.6 Å². The van der Waals surface area contributed by atoms with Gasteiger partial charge in [0, 0.05) is 12.4 Å². The fourth-order valence-electron chi connectivity index (χ4n) is 1.03. The van der Waals surface area contributed by atoms with E-state index in [1.807, 2.05) is 18.2 Å². The third-order valence-electron chi connectivity index (χ3n) is 1.61. The van der Waals surface area contributed by atoms with Crippen LogP contribution in [0.15, 0.2) is 35.2 Å². The van der Waals surface area contributed by atoms with Gasteiger partial charge in [-0.25, -0.2) is 15.0 Å². The molecule has 0 aromatic carbocycles. The molecule has 5 heteroatoms. The Labute approximate surface area is 94.3 Å². The van der Waals surface area contributed by atoms with Gasteiger partial charge in [0.1, 0.15) is 10.3 Å². The first-order valence-electron chi connectivity index (χ1n) is 3.87. The van der Waals surface area contributed by atoms with Gasteiger partial charge in [-0.1, -0.05) is 17.7 Å². The lowest BCUT2D eigenvalue weighted by Gasteiger charge is -2.00. The number of rotatable bonds is 1. The number of aromatic nitrogens is 3. The first kappa shape index (κ1) is 9.55. The van der Waals surface area contributed by atoms with E-state index in [1.165, 1.54) is 0 Å². The highest BCUT2D eigenvalue weighted by molar-refractivity contribution is 9.10. The number of hydrogen-bond acceptors (Lipinski definition) is 3. The fourth-order valence-corrected chi connectivity index (χ4v) is 1.58. The van der Waals surface area contributed by atoms with Crippen molar-refractivity contribution in [3.05, 3.63) is 40.3 Å². The molecule has 70 valence electrons. The largest absolute Gasteiger partial charge is 0.250 e. The quantitative estimate of drug-likeness (QED) is 0.748. The van der Waals surface area contributed by atoms with Crippen molar-refractivity contribution < 1.29 is 0 Å². The van der Waals surface area contributed by atoms with Gasteiger partial charge in [0.2, 0.25) is 0 Å². The lowest BCUT2D eigenvalue weighted by molar-refractivity contribution is 1.17. The molecule has 0 radical (unpaired) electrons. The van der Waals surface area contributed by atoms with Gasteiger partial charge in [-0.05, 0) is 28.1 Å². The van der Waals surface area contributed by atoms with Crippen LogP contribution < -0.4 is 0 Å². The maximum atomic E-state index is 5.88. The Bertz CT molecular complexity index is 461. The van der Waals surface area contributed by atoms with Gasteiger partial charge in [-0.15, -0.1) is 0 Å². The zero-order chi connectivity index (χ0) is 9.97. The second kappa shape index (κ2) is 4.02. The van der Waals surface area contributed by atoms with Gasteiger partial charge >= 0.3 is 0 Å². The van der Waals surface area contributed by atoms with Gasteiger partial charge in [-0.2, -0.15) is 0 Å². The predicted molar refractivity (Wildman–Crippen MR) is 58.0 cm³/mol. The summed E-state index contributed by atoms with van der Waals surface area (Å²) < 4.78 is 0.747. The Balaban J connectivity index is 2.55. The third kappa shape index (κ3) is 1.91. The summed E-state index contributed by atoms with van der Waals surface area (Å²) in [4.78, 5) is 12.3. The van der Waals surface area contributed by atoms with Crippen molar-refractivity contribution in [2.45, 2.75) is 0 Å². The summed E-state index contributed by atoms with van der Waals surface area (Å²) in [5.74, 6) is 0. The number of halogens is 2. The maximum absolute atomic E-state index is 5.88. The molecule has 14 heavy (non-hydrogen) atoms. The zero-order valence-corrected chi connectivity index (χ0v) is 9.33. The van der Waals surface area contributed by atoms with Crippen LogP contribution in [0.5, 0.6) is 0 Å². The van der Waals surface area contributed by atoms with Crippen LogP contribution in [0.2, 0.25) is 5.15 Å². The van der Waals surface area contributed by atoms with E-state index in [0.717, 1.165) is 4.60 Å². The van der Waals surface area contributed by atoms with Gasteiger partial charge in [-0.3, -0.25) is 0 Å². The second-order valence-corrected chi connectivity index (χ2v) is 3.71. The molecule has 0 aliphatic carbocycles. The van der Waals surface area contributed by atoms with Crippen molar-refractivity contribution in [1.82, 2.24) is 15.0 Å². The molecule has 0 fully saturated rings. The van der Waals surface area contributed by atoms with Crippen LogP contribution in [-0.4, -0.2) is 15.0 Å². The fraction of sp³-hybridized carbons (Fsp3) is 0. The Morgan fingerprint density at radius 2 is 1.93 bits per heavy atom. The number of nitrogens with zero attached hydrogens (tertiary/aromatic N) is 3. The number of pyridine rings is 1. The minimum atomic E-state index is 0.359. The predicted octanol–water partition coefficient (Wildman–Crippen LogP) is 2.95. The molecule has 0 N–H and O–H groups in total. The SMILES string of the molecule is Clc1nccnc1-c1cccc(Br)n1. The summed E-state index contributed by atoms with van der Waals surface area (Å²) in [7, 11) is 0. The molecule has 0 saturated carbocycles. The Morgan fingerprint density at radius 3 is 2.64 bits per heavy atom. The molecule has 0 saturated heterocycles.